The highest BCUT2D eigenvalue weighted by atomic mass is 16.1. The summed E-state index contributed by atoms with van der Waals surface area (Å²) < 4.78 is 1.69. The third-order valence-corrected chi connectivity index (χ3v) is 2.42. The summed E-state index contributed by atoms with van der Waals surface area (Å²) in [6.07, 6.45) is 1.79. The van der Waals surface area contributed by atoms with Crippen molar-refractivity contribution in [2.24, 2.45) is 5.92 Å². The van der Waals surface area contributed by atoms with Crippen LogP contribution in [-0.2, 0) is 19.4 Å². The fourth-order valence-corrected chi connectivity index (χ4v) is 1.71. The third-order valence-electron chi connectivity index (χ3n) is 2.42. The fourth-order valence-electron chi connectivity index (χ4n) is 1.71. The predicted octanol–water partition coefficient (Wildman–Crippen LogP) is 1.96. The van der Waals surface area contributed by atoms with Gasteiger partial charge in [-0.15, -0.1) is 0 Å². The summed E-state index contributed by atoms with van der Waals surface area (Å²) in [4.78, 5) is 11.8. The molecule has 0 unspecified atom stereocenters. The molecule has 0 saturated heterocycles. The molecule has 1 rings (SSSR count). The first-order valence-electron chi connectivity index (χ1n) is 5.40. The molecular formula is C11H20N2O. The van der Waals surface area contributed by atoms with Crippen molar-refractivity contribution in [3.05, 3.63) is 21.6 Å². The highest BCUT2D eigenvalue weighted by Gasteiger charge is 2.12. The maximum atomic E-state index is 11.8. The molecule has 0 fully saturated rings. The van der Waals surface area contributed by atoms with Crippen LogP contribution in [0.2, 0.25) is 0 Å². The summed E-state index contributed by atoms with van der Waals surface area (Å²) in [6.45, 7) is 9.07. The number of hydrogen-bond donors (Lipinski definition) is 1. The molecule has 3 nitrogen and oxygen atoms in total. The lowest BCUT2D eigenvalue weighted by molar-refractivity contribution is 0.621. The van der Waals surface area contributed by atoms with Gasteiger partial charge in [-0.05, 0) is 25.7 Å². The lowest BCUT2D eigenvalue weighted by atomic mass is 10.0. The molecule has 0 atom stereocenters. The van der Waals surface area contributed by atoms with Gasteiger partial charge in [0.25, 0.3) is 5.56 Å². The van der Waals surface area contributed by atoms with E-state index in [9.17, 15) is 4.79 Å². The first-order chi connectivity index (χ1) is 6.60. The van der Waals surface area contributed by atoms with E-state index in [1.807, 2.05) is 6.92 Å². The molecule has 80 valence electrons. The molecule has 1 heterocycles. The molecule has 1 aromatic rings. The zero-order valence-electron chi connectivity index (χ0n) is 9.55. The Morgan fingerprint density at radius 1 is 1.36 bits per heavy atom. The Balaban J connectivity index is 3.11. The third kappa shape index (κ3) is 2.08. The van der Waals surface area contributed by atoms with E-state index in [4.69, 9.17) is 0 Å². The smallest absolute Gasteiger partial charge is 0.269 e. The minimum atomic E-state index is 0.165. The van der Waals surface area contributed by atoms with Gasteiger partial charge >= 0.3 is 0 Å². The Labute approximate surface area is 85.1 Å². The Morgan fingerprint density at radius 2 is 2.00 bits per heavy atom. The topological polar surface area (TPSA) is 37.8 Å². The average Bonchev–Trinajstić information content (AvgIpc) is 2.43. The van der Waals surface area contributed by atoms with Gasteiger partial charge in [0, 0.05) is 17.8 Å². The summed E-state index contributed by atoms with van der Waals surface area (Å²) in [6, 6.07) is 0. The average molecular weight is 196 g/mol. The molecule has 0 aliphatic carbocycles. The second kappa shape index (κ2) is 4.49. The van der Waals surface area contributed by atoms with Gasteiger partial charge in [-0.3, -0.25) is 14.6 Å². The molecule has 0 amide bonds. The second-order valence-corrected chi connectivity index (χ2v) is 4.07. The van der Waals surface area contributed by atoms with Gasteiger partial charge in [0.2, 0.25) is 0 Å². The van der Waals surface area contributed by atoms with Crippen LogP contribution in [0.15, 0.2) is 4.79 Å². The largest absolute Gasteiger partial charge is 0.299 e. The molecule has 0 radical (unpaired) electrons. The zero-order valence-corrected chi connectivity index (χ0v) is 9.55. The molecule has 0 aromatic carbocycles. The lowest BCUT2D eigenvalue weighted by Gasteiger charge is -2.02. The van der Waals surface area contributed by atoms with Crippen LogP contribution in [0.25, 0.3) is 0 Å². The molecule has 0 aliphatic rings. The molecule has 1 N–H and O–H groups in total. The van der Waals surface area contributed by atoms with Crippen molar-refractivity contribution >= 4 is 0 Å². The van der Waals surface area contributed by atoms with Gasteiger partial charge in [-0.25, -0.2) is 0 Å². The van der Waals surface area contributed by atoms with E-state index in [1.54, 1.807) is 4.68 Å². The van der Waals surface area contributed by atoms with E-state index >= 15 is 0 Å². The van der Waals surface area contributed by atoms with Crippen LogP contribution in [0.4, 0.5) is 0 Å². The van der Waals surface area contributed by atoms with Crippen molar-refractivity contribution in [1.29, 1.82) is 0 Å². The van der Waals surface area contributed by atoms with Crippen molar-refractivity contribution in [2.45, 2.75) is 47.1 Å². The van der Waals surface area contributed by atoms with Gasteiger partial charge in [-0.1, -0.05) is 20.8 Å². The summed E-state index contributed by atoms with van der Waals surface area (Å²) >= 11 is 0. The first kappa shape index (κ1) is 11.1. The van der Waals surface area contributed by atoms with Crippen LogP contribution in [0.3, 0.4) is 0 Å². The number of nitrogens with one attached hydrogen (secondary N) is 1. The Morgan fingerprint density at radius 3 is 2.43 bits per heavy atom. The summed E-state index contributed by atoms with van der Waals surface area (Å²) in [5.41, 5.74) is 2.24. The maximum Gasteiger partial charge on any atom is 0.269 e. The zero-order chi connectivity index (χ0) is 10.7. The van der Waals surface area contributed by atoms with E-state index in [0.717, 1.165) is 30.6 Å². The van der Waals surface area contributed by atoms with Crippen molar-refractivity contribution < 1.29 is 0 Å². The van der Waals surface area contributed by atoms with Crippen molar-refractivity contribution in [1.82, 2.24) is 9.78 Å². The fraction of sp³-hybridized carbons (Fsp3) is 0.727. The minimum absolute atomic E-state index is 0.165. The Bertz CT molecular complexity index is 347. The number of aryl methyl sites for hydroxylation is 2. The number of rotatable bonds is 4. The number of H-pyrrole nitrogens is 1. The molecule has 0 spiro atoms. The van der Waals surface area contributed by atoms with Gasteiger partial charge < -0.3 is 0 Å². The van der Waals surface area contributed by atoms with E-state index < -0.39 is 0 Å². The summed E-state index contributed by atoms with van der Waals surface area (Å²) in [5, 5.41) is 3.16. The highest BCUT2D eigenvalue weighted by molar-refractivity contribution is 5.17. The van der Waals surface area contributed by atoms with Gasteiger partial charge in [-0.2, -0.15) is 0 Å². The molecule has 0 aliphatic heterocycles. The number of aromatic amines is 1. The van der Waals surface area contributed by atoms with Crippen molar-refractivity contribution in [2.75, 3.05) is 0 Å². The normalized spacial score (nSPS) is 11.2. The van der Waals surface area contributed by atoms with E-state index in [0.29, 0.717) is 5.92 Å². The first-order valence-corrected chi connectivity index (χ1v) is 5.40. The van der Waals surface area contributed by atoms with Crippen LogP contribution in [0.5, 0.6) is 0 Å². The molecule has 0 saturated carbocycles. The Kier molecular flexibility index (Phi) is 3.55. The summed E-state index contributed by atoms with van der Waals surface area (Å²) in [7, 11) is 0. The quantitative estimate of drug-likeness (QED) is 0.785. The van der Waals surface area contributed by atoms with Crippen LogP contribution in [0, 0.1) is 5.92 Å². The van der Waals surface area contributed by atoms with E-state index in [-0.39, 0.29) is 5.56 Å². The predicted molar refractivity (Wildman–Crippen MR) is 58.6 cm³/mol. The number of hydrogen-bond acceptors (Lipinski definition) is 1. The van der Waals surface area contributed by atoms with Crippen LogP contribution >= 0.6 is 0 Å². The lowest BCUT2D eigenvalue weighted by Crippen LogP contribution is -2.18. The standard InChI is InChI=1S/C11H20N2O/c1-5-10-9(7-8(3)4)11(14)13(6-2)12-10/h8,12H,5-7H2,1-4H3. The van der Waals surface area contributed by atoms with E-state index in [1.165, 1.54) is 0 Å². The van der Waals surface area contributed by atoms with Crippen LogP contribution < -0.4 is 5.56 Å². The monoisotopic (exact) mass is 196 g/mol. The van der Waals surface area contributed by atoms with Gasteiger partial charge in [0.15, 0.2) is 0 Å². The van der Waals surface area contributed by atoms with E-state index in [2.05, 4.69) is 25.9 Å². The van der Waals surface area contributed by atoms with Crippen molar-refractivity contribution in [3.63, 3.8) is 0 Å². The SMILES string of the molecule is CCc1[nH]n(CC)c(=O)c1CC(C)C. The number of nitrogens with zero attached hydrogens (tertiary/aromatic N) is 1. The van der Waals surface area contributed by atoms with Crippen LogP contribution in [-0.4, -0.2) is 9.78 Å². The maximum absolute atomic E-state index is 11.8. The molecule has 1 aromatic heterocycles. The summed E-state index contributed by atoms with van der Waals surface area (Å²) in [5.74, 6) is 0.536. The molecule has 3 heteroatoms. The Hall–Kier alpha value is -0.990. The molecular weight excluding hydrogens is 176 g/mol. The molecule has 14 heavy (non-hydrogen) atoms. The minimum Gasteiger partial charge on any atom is -0.299 e. The molecule has 0 bridgehead atoms. The number of aromatic nitrogens is 2. The second-order valence-electron chi connectivity index (χ2n) is 4.07. The highest BCUT2D eigenvalue weighted by Crippen LogP contribution is 2.08. The van der Waals surface area contributed by atoms with Crippen molar-refractivity contribution in [3.8, 4) is 0 Å². The van der Waals surface area contributed by atoms with Gasteiger partial charge in [0.1, 0.15) is 0 Å². The van der Waals surface area contributed by atoms with Gasteiger partial charge in [0.05, 0.1) is 0 Å². The van der Waals surface area contributed by atoms with Crippen LogP contribution in [0.1, 0.15) is 39.0 Å².